The molecular formula is C23H29N3O3S. The van der Waals surface area contributed by atoms with Crippen LogP contribution in [0.4, 0.5) is 11.6 Å². The number of sulfonamides is 1. The first-order valence-corrected chi connectivity index (χ1v) is 11.6. The second-order valence-corrected chi connectivity index (χ2v) is 9.48. The summed E-state index contributed by atoms with van der Waals surface area (Å²) < 4.78 is 34.1. The van der Waals surface area contributed by atoms with Crippen LogP contribution in [-0.4, -0.2) is 20.1 Å². The molecule has 0 radical (unpaired) electrons. The smallest absolute Gasteiger partial charge is 0.264 e. The van der Waals surface area contributed by atoms with Crippen molar-refractivity contribution < 1.29 is 12.9 Å². The molecule has 0 aliphatic rings. The molecule has 0 unspecified atom stereocenters. The van der Waals surface area contributed by atoms with Gasteiger partial charge >= 0.3 is 0 Å². The fourth-order valence-corrected chi connectivity index (χ4v) is 4.64. The Bertz CT molecular complexity index is 1130. The summed E-state index contributed by atoms with van der Waals surface area (Å²) in [5, 5.41) is 7.22. The molecule has 1 aromatic heterocycles. The van der Waals surface area contributed by atoms with Crippen molar-refractivity contribution in [2.45, 2.75) is 45.9 Å². The summed E-state index contributed by atoms with van der Waals surface area (Å²) in [4.78, 5) is 0.189. The van der Waals surface area contributed by atoms with E-state index in [-0.39, 0.29) is 10.8 Å². The summed E-state index contributed by atoms with van der Waals surface area (Å²) in [6, 6.07) is 13.2. The molecule has 0 atom stereocenters. The van der Waals surface area contributed by atoms with Crippen LogP contribution in [0.5, 0.6) is 0 Å². The molecule has 0 amide bonds. The van der Waals surface area contributed by atoms with Crippen molar-refractivity contribution in [3.05, 3.63) is 59.3 Å². The van der Waals surface area contributed by atoms with Gasteiger partial charge in [0.05, 0.1) is 10.6 Å². The zero-order valence-electron chi connectivity index (χ0n) is 18.1. The van der Waals surface area contributed by atoms with E-state index in [4.69, 9.17) is 4.52 Å². The molecule has 3 rings (SSSR count). The largest absolute Gasteiger partial charge is 0.385 e. The zero-order valence-corrected chi connectivity index (χ0v) is 18.9. The third-order valence-corrected chi connectivity index (χ3v) is 6.34. The minimum Gasteiger partial charge on any atom is -0.385 e. The Hall–Kier alpha value is -2.80. The SMILES string of the molecule is CCNc1cc(CC(C)C)ccc1-c1ccccc1S(=O)(=O)Nc1onc(C)c1C. The molecule has 6 nitrogen and oxygen atoms in total. The molecule has 2 N–H and O–H groups in total. The third kappa shape index (κ3) is 4.67. The molecule has 1 heterocycles. The lowest BCUT2D eigenvalue weighted by Gasteiger charge is -2.17. The van der Waals surface area contributed by atoms with E-state index in [1.807, 2.05) is 25.1 Å². The molecule has 0 saturated carbocycles. The van der Waals surface area contributed by atoms with Gasteiger partial charge < -0.3 is 9.84 Å². The number of benzene rings is 2. The van der Waals surface area contributed by atoms with Crippen LogP contribution in [0.25, 0.3) is 11.1 Å². The highest BCUT2D eigenvalue weighted by atomic mass is 32.2. The van der Waals surface area contributed by atoms with Gasteiger partial charge in [-0.3, -0.25) is 0 Å². The van der Waals surface area contributed by atoms with E-state index in [0.717, 1.165) is 24.2 Å². The number of rotatable bonds is 8. The molecule has 7 heteroatoms. The van der Waals surface area contributed by atoms with Gasteiger partial charge in [0.1, 0.15) is 0 Å². The first-order valence-electron chi connectivity index (χ1n) is 10.1. The van der Waals surface area contributed by atoms with Crippen LogP contribution >= 0.6 is 0 Å². The van der Waals surface area contributed by atoms with E-state index in [1.54, 1.807) is 26.0 Å². The number of aryl methyl sites for hydroxylation is 1. The number of nitrogens with zero attached hydrogens (tertiary/aromatic N) is 1. The van der Waals surface area contributed by atoms with E-state index < -0.39 is 10.0 Å². The quantitative estimate of drug-likeness (QED) is 0.503. The molecule has 0 fully saturated rings. The molecule has 2 aromatic carbocycles. The lowest BCUT2D eigenvalue weighted by Crippen LogP contribution is -2.14. The normalized spacial score (nSPS) is 11.7. The molecule has 3 aromatic rings. The standard InChI is InChI=1S/C23H29N3O3S/c1-6-24-21-14-18(13-15(2)3)11-12-19(21)20-9-7-8-10-22(20)30(27,28)26-23-16(4)17(5)25-29-23/h7-12,14-15,24,26H,6,13H2,1-5H3. The summed E-state index contributed by atoms with van der Waals surface area (Å²) in [5.74, 6) is 0.678. The number of hydrogen-bond donors (Lipinski definition) is 2. The Morgan fingerprint density at radius 3 is 2.43 bits per heavy atom. The van der Waals surface area contributed by atoms with Gasteiger partial charge in [-0.05, 0) is 50.8 Å². The van der Waals surface area contributed by atoms with Crippen LogP contribution < -0.4 is 10.0 Å². The maximum absolute atomic E-state index is 13.2. The van der Waals surface area contributed by atoms with Crippen molar-refractivity contribution in [1.82, 2.24) is 5.16 Å². The molecule has 0 spiro atoms. The van der Waals surface area contributed by atoms with E-state index in [1.165, 1.54) is 5.56 Å². The van der Waals surface area contributed by atoms with Gasteiger partial charge in [0, 0.05) is 28.9 Å². The second-order valence-electron chi connectivity index (χ2n) is 7.83. The zero-order chi connectivity index (χ0) is 21.9. The highest BCUT2D eigenvalue weighted by Crippen LogP contribution is 2.35. The van der Waals surface area contributed by atoms with Crippen LogP contribution in [0.2, 0.25) is 0 Å². The van der Waals surface area contributed by atoms with Crippen LogP contribution in [0.1, 0.15) is 37.6 Å². The summed E-state index contributed by atoms with van der Waals surface area (Å²) in [6.07, 6.45) is 0.963. The maximum atomic E-state index is 13.2. The van der Waals surface area contributed by atoms with Crippen LogP contribution in [0.3, 0.4) is 0 Å². The molecule has 0 aliphatic carbocycles. The molecule has 0 bridgehead atoms. The summed E-state index contributed by atoms with van der Waals surface area (Å²) >= 11 is 0. The molecule has 0 aliphatic heterocycles. The summed E-state index contributed by atoms with van der Waals surface area (Å²) in [6.45, 7) is 10.7. The van der Waals surface area contributed by atoms with Gasteiger partial charge in [0.25, 0.3) is 10.0 Å². The van der Waals surface area contributed by atoms with Gasteiger partial charge in [-0.25, -0.2) is 13.1 Å². The van der Waals surface area contributed by atoms with Crippen molar-refractivity contribution in [3.8, 4) is 11.1 Å². The van der Waals surface area contributed by atoms with Crippen LogP contribution in [0, 0.1) is 19.8 Å². The lowest BCUT2D eigenvalue weighted by molar-refractivity contribution is 0.430. The Morgan fingerprint density at radius 1 is 1.07 bits per heavy atom. The Labute approximate surface area is 178 Å². The minimum atomic E-state index is -3.87. The van der Waals surface area contributed by atoms with Gasteiger partial charge in [-0.2, -0.15) is 0 Å². The third-order valence-electron chi connectivity index (χ3n) is 4.95. The topological polar surface area (TPSA) is 84.2 Å². The van der Waals surface area contributed by atoms with E-state index in [0.29, 0.717) is 22.7 Å². The van der Waals surface area contributed by atoms with E-state index in [9.17, 15) is 8.42 Å². The van der Waals surface area contributed by atoms with Gasteiger partial charge in [-0.15, -0.1) is 0 Å². The lowest BCUT2D eigenvalue weighted by atomic mass is 9.97. The molecule has 0 saturated heterocycles. The average Bonchev–Trinajstić information content (AvgIpc) is 3.00. The Balaban J connectivity index is 2.07. The Kier molecular flexibility index (Phi) is 6.51. The van der Waals surface area contributed by atoms with Gasteiger partial charge in [-0.1, -0.05) is 49.3 Å². The monoisotopic (exact) mass is 427 g/mol. The predicted octanol–water partition coefficient (Wildman–Crippen LogP) is 5.39. The Morgan fingerprint density at radius 2 is 1.80 bits per heavy atom. The van der Waals surface area contributed by atoms with Crippen molar-refractivity contribution in [2.75, 3.05) is 16.6 Å². The second kappa shape index (κ2) is 8.92. The highest BCUT2D eigenvalue weighted by Gasteiger charge is 2.23. The van der Waals surface area contributed by atoms with E-state index in [2.05, 4.69) is 41.2 Å². The van der Waals surface area contributed by atoms with Gasteiger partial charge in [0.15, 0.2) is 0 Å². The number of aromatic nitrogens is 1. The van der Waals surface area contributed by atoms with Crippen molar-refractivity contribution in [3.63, 3.8) is 0 Å². The van der Waals surface area contributed by atoms with Crippen molar-refractivity contribution in [1.29, 1.82) is 0 Å². The summed E-state index contributed by atoms with van der Waals surface area (Å²) in [7, 11) is -3.87. The first kappa shape index (κ1) is 21.9. The highest BCUT2D eigenvalue weighted by molar-refractivity contribution is 7.92. The number of hydrogen-bond acceptors (Lipinski definition) is 5. The van der Waals surface area contributed by atoms with Crippen molar-refractivity contribution >= 4 is 21.6 Å². The average molecular weight is 428 g/mol. The van der Waals surface area contributed by atoms with Crippen LogP contribution in [0.15, 0.2) is 51.9 Å². The van der Waals surface area contributed by atoms with E-state index >= 15 is 0 Å². The molecule has 160 valence electrons. The molecular weight excluding hydrogens is 398 g/mol. The van der Waals surface area contributed by atoms with Gasteiger partial charge in [0.2, 0.25) is 5.88 Å². The number of anilines is 2. The predicted molar refractivity (Wildman–Crippen MR) is 121 cm³/mol. The first-order chi connectivity index (χ1) is 14.2. The fraction of sp³-hybridized carbons (Fsp3) is 0.348. The van der Waals surface area contributed by atoms with Crippen molar-refractivity contribution in [2.24, 2.45) is 5.92 Å². The number of nitrogens with one attached hydrogen (secondary N) is 2. The summed E-state index contributed by atoms with van der Waals surface area (Å²) in [5.41, 5.74) is 4.93. The maximum Gasteiger partial charge on any atom is 0.264 e. The minimum absolute atomic E-state index is 0.140. The molecule has 30 heavy (non-hydrogen) atoms. The fourth-order valence-electron chi connectivity index (χ4n) is 3.37. The van der Waals surface area contributed by atoms with Crippen LogP contribution in [-0.2, 0) is 16.4 Å².